The Bertz CT molecular complexity index is 470. The lowest BCUT2D eigenvalue weighted by atomic mass is 10.0. The van der Waals surface area contributed by atoms with Crippen molar-refractivity contribution in [2.45, 2.75) is 18.5 Å². The summed E-state index contributed by atoms with van der Waals surface area (Å²) in [7, 11) is 0. The van der Waals surface area contributed by atoms with Crippen molar-refractivity contribution in [1.82, 2.24) is 0 Å². The minimum atomic E-state index is -4.48. The Morgan fingerprint density at radius 3 is 2.53 bits per heavy atom. The van der Waals surface area contributed by atoms with Crippen molar-refractivity contribution in [3.63, 3.8) is 0 Å². The van der Waals surface area contributed by atoms with Gasteiger partial charge in [-0.05, 0) is 36.1 Å². The SMILES string of the molecule is O=C(O)[C@H]1CC1c1cc(Cl)ccc1C(F)(F)F. The van der Waals surface area contributed by atoms with E-state index in [9.17, 15) is 18.0 Å². The first-order valence-electron chi connectivity index (χ1n) is 4.90. The number of aliphatic carboxylic acids is 1. The first-order chi connectivity index (χ1) is 7.80. The Morgan fingerprint density at radius 2 is 2.06 bits per heavy atom. The fraction of sp³-hybridized carbons (Fsp3) is 0.364. The summed E-state index contributed by atoms with van der Waals surface area (Å²) in [6.07, 6.45) is -4.25. The number of carboxylic acid groups (broad SMARTS) is 1. The Hall–Kier alpha value is -1.23. The van der Waals surface area contributed by atoms with Crippen LogP contribution in [-0.2, 0) is 11.0 Å². The number of hydrogen-bond acceptors (Lipinski definition) is 1. The number of carboxylic acids is 1. The summed E-state index contributed by atoms with van der Waals surface area (Å²) in [5.74, 6) is -2.37. The van der Waals surface area contributed by atoms with E-state index >= 15 is 0 Å². The molecule has 0 bridgehead atoms. The Labute approximate surface area is 100 Å². The number of carbonyl (C=O) groups is 1. The second kappa shape index (κ2) is 3.91. The van der Waals surface area contributed by atoms with Crippen LogP contribution in [0, 0.1) is 5.92 Å². The topological polar surface area (TPSA) is 37.3 Å². The van der Waals surface area contributed by atoms with Gasteiger partial charge in [-0.15, -0.1) is 0 Å². The highest BCUT2D eigenvalue weighted by Crippen LogP contribution is 2.51. The van der Waals surface area contributed by atoms with Gasteiger partial charge in [0.05, 0.1) is 11.5 Å². The van der Waals surface area contributed by atoms with E-state index < -0.39 is 29.5 Å². The predicted octanol–water partition coefficient (Wildman–Crippen LogP) is 3.55. The third kappa shape index (κ3) is 2.39. The molecule has 2 rings (SSSR count). The molecule has 1 aliphatic carbocycles. The molecule has 1 unspecified atom stereocenters. The molecule has 92 valence electrons. The minimum Gasteiger partial charge on any atom is -0.481 e. The van der Waals surface area contributed by atoms with E-state index in [2.05, 4.69) is 0 Å². The monoisotopic (exact) mass is 264 g/mol. The summed E-state index contributed by atoms with van der Waals surface area (Å²) in [4.78, 5) is 10.7. The maximum absolute atomic E-state index is 12.7. The molecule has 0 aromatic heterocycles. The molecular formula is C11H8ClF3O2. The molecule has 2 atom stereocenters. The van der Waals surface area contributed by atoms with Crippen LogP contribution in [0.3, 0.4) is 0 Å². The smallest absolute Gasteiger partial charge is 0.416 e. The van der Waals surface area contributed by atoms with Crippen molar-refractivity contribution in [3.05, 3.63) is 34.3 Å². The molecule has 6 heteroatoms. The van der Waals surface area contributed by atoms with Gasteiger partial charge in [0.2, 0.25) is 0 Å². The highest BCUT2D eigenvalue weighted by atomic mass is 35.5. The van der Waals surface area contributed by atoms with Crippen molar-refractivity contribution < 1.29 is 23.1 Å². The molecule has 1 aromatic carbocycles. The average molecular weight is 265 g/mol. The van der Waals surface area contributed by atoms with Crippen LogP contribution >= 0.6 is 11.6 Å². The van der Waals surface area contributed by atoms with Crippen LogP contribution in [-0.4, -0.2) is 11.1 Å². The van der Waals surface area contributed by atoms with Crippen molar-refractivity contribution in [3.8, 4) is 0 Å². The number of rotatable bonds is 2. The van der Waals surface area contributed by atoms with Crippen molar-refractivity contribution in [2.75, 3.05) is 0 Å². The van der Waals surface area contributed by atoms with Crippen LogP contribution in [0.5, 0.6) is 0 Å². The molecule has 0 spiro atoms. The van der Waals surface area contributed by atoms with E-state index in [1.165, 1.54) is 6.07 Å². The highest BCUT2D eigenvalue weighted by Gasteiger charge is 2.48. The largest absolute Gasteiger partial charge is 0.481 e. The van der Waals surface area contributed by atoms with Gasteiger partial charge in [0.1, 0.15) is 0 Å². The van der Waals surface area contributed by atoms with Crippen LogP contribution in [0.4, 0.5) is 13.2 Å². The standard InChI is InChI=1S/C11H8ClF3O2/c12-5-1-2-9(11(13,14)15)7(3-5)6-4-8(6)10(16)17/h1-3,6,8H,4H2,(H,16,17)/t6?,8-/m0/s1. The third-order valence-electron chi connectivity index (χ3n) is 2.83. The molecule has 1 N–H and O–H groups in total. The van der Waals surface area contributed by atoms with Crippen LogP contribution in [0.25, 0.3) is 0 Å². The maximum Gasteiger partial charge on any atom is 0.416 e. The summed E-state index contributed by atoms with van der Waals surface area (Å²) >= 11 is 5.65. The van der Waals surface area contributed by atoms with Gasteiger partial charge >= 0.3 is 12.1 Å². The minimum absolute atomic E-state index is 0.0163. The van der Waals surface area contributed by atoms with Crippen molar-refractivity contribution in [1.29, 1.82) is 0 Å². The maximum atomic E-state index is 12.7. The van der Waals surface area contributed by atoms with E-state index in [0.29, 0.717) is 0 Å². The molecule has 17 heavy (non-hydrogen) atoms. The third-order valence-corrected chi connectivity index (χ3v) is 3.06. The van der Waals surface area contributed by atoms with Crippen molar-refractivity contribution in [2.24, 2.45) is 5.92 Å². The second-order valence-corrected chi connectivity index (χ2v) is 4.45. The summed E-state index contributed by atoms with van der Waals surface area (Å²) in [5, 5.41) is 8.92. The summed E-state index contributed by atoms with van der Waals surface area (Å²) in [6.45, 7) is 0. The molecular weight excluding hydrogens is 257 g/mol. The van der Waals surface area contributed by atoms with Gasteiger partial charge in [0.25, 0.3) is 0 Å². The second-order valence-electron chi connectivity index (χ2n) is 4.02. The zero-order valence-electron chi connectivity index (χ0n) is 8.46. The quantitative estimate of drug-likeness (QED) is 0.887. The summed E-state index contributed by atoms with van der Waals surface area (Å²) in [6, 6.07) is 3.26. The lowest BCUT2D eigenvalue weighted by Crippen LogP contribution is -2.10. The normalized spacial score (nSPS) is 23.5. The number of hydrogen-bond donors (Lipinski definition) is 1. The Morgan fingerprint density at radius 1 is 1.41 bits per heavy atom. The fourth-order valence-electron chi connectivity index (χ4n) is 1.91. The van der Waals surface area contributed by atoms with Gasteiger partial charge in [0.15, 0.2) is 0 Å². The van der Waals surface area contributed by atoms with Gasteiger partial charge in [0, 0.05) is 5.02 Å². The molecule has 0 amide bonds. The lowest BCUT2D eigenvalue weighted by Gasteiger charge is -2.12. The molecule has 0 aliphatic heterocycles. The molecule has 0 saturated heterocycles. The van der Waals surface area contributed by atoms with Gasteiger partial charge in [-0.2, -0.15) is 13.2 Å². The van der Waals surface area contributed by atoms with Gasteiger partial charge in [-0.25, -0.2) is 0 Å². The average Bonchev–Trinajstić information content (AvgIpc) is 2.94. The van der Waals surface area contributed by atoms with Crippen LogP contribution < -0.4 is 0 Å². The Balaban J connectivity index is 2.39. The number of benzene rings is 1. The summed E-state index contributed by atoms with van der Waals surface area (Å²) in [5.41, 5.74) is -0.812. The van der Waals surface area contributed by atoms with E-state index in [1.54, 1.807) is 0 Å². The zero-order chi connectivity index (χ0) is 12.8. The molecule has 1 aromatic rings. The van der Waals surface area contributed by atoms with Crippen molar-refractivity contribution >= 4 is 17.6 Å². The first-order valence-corrected chi connectivity index (χ1v) is 5.28. The first kappa shape index (κ1) is 12.2. The van der Waals surface area contributed by atoms with Gasteiger partial charge < -0.3 is 5.11 Å². The van der Waals surface area contributed by atoms with E-state index in [0.717, 1.165) is 12.1 Å². The Kier molecular flexibility index (Phi) is 2.81. The predicted molar refractivity (Wildman–Crippen MR) is 54.9 cm³/mol. The van der Waals surface area contributed by atoms with E-state index in [-0.39, 0.29) is 17.0 Å². The highest BCUT2D eigenvalue weighted by molar-refractivity contribution is 6.30. The molecule has 1 aliphatic rings. The summed E-state index contributed by atoms with van der Waals surface area (Å²) < 4.78 is 38.1. The van der Waals surface area contributed by atoms with Gasteiger partial charge in [-0.1, -0.05) is 11.6 Å². The molecule has 1 saturated carbocycles. The molecule has 0 heterocycles. The van der Waals surface area contributed by atoms with E-state index in [1.807, 2.05) is 0 Å². The molecule has 2 nitrogen and oxygen atoms in total. The van der Waals surface area contributed by atoms with Crippen LogP contribution in [0.2, 0.25) is 5.02 Å². The molecule has 0 radical (unpaired) electrons. The molecule has 1 fully saturated rings. The van der Waals surface area contributed by atoms with Gasteiger partial charge in [-0.3, -0.25) is 4.79 Å². The van der Waals surface area contributed by atoms with Crippen LogP contribution in [0.1, 0.15) is 23.5 Å². The number of halogens is 4. The lowest BCUT2D eigenvalue weighted by molar-refractivity contribution is -0.140. The zero-order valence-corrected chi connectivity index (χ0v) is 9.22. The fourth-order valence-corrected chi connectivity index (χ4v) is 2.09. The van der Waals surface area contributed by atoms with Crippen LogP contribution in [0.15, 0.2) is 18.2 Å². The van der Waals surface area contributed by atoms with E-state index in [4.69, 9.17) is 16.7 Å². The number of alkyl halides is 3.